The zero-order valence-electron chi connectivity index (χ0n) is 13.3. The van der Waals surface area contributed by atoms with Gasteiger partial charge in [-0.2, -0.15) is 0 Å². The van der Waals surface area contributed by atoms with E-state index in [1.165, 1.54) is 0 Å². The van der Waals surface area contributed by atoms with Gasteiger partial charge in [0.25, 0.3) is 0 Å². The standard InChI is InChI=1S/C17H22N4O.ClH/c1-3-12(2)16(18)17(22)21-14-9-10-15(19-11-14)20-13-7-5-4-6-8-13;/h4-12,16H,3,18H2,1-2H3,(H,19,20)(H,21,22);1H. The number of nitrogens with one attached hydrogen (secondary N) is 2. The van der Waals surface area contributed by atoms with E-state index < -0.39 is 6.04 Å². The van der Waals surface area contributed by atoms with Gasteiger partial charge in [0.2, 0.25) is 5.91 Å². The summed E-state index contributed by atoms with van der Waals surface area (Å²) in [5, 5.41) is 5.98. The first-order chi connectivity index (χ1) is 10.6. The molecule has 1 aromatic heterocycles. The van der Waals surface area contributed by atoms with Crippen molar-refractivity contribution in [1.82, 2.24) is 4.98 Å². The molecule has 0 aliphatic rings. The normalized spacial score (nSPS) is 12.7. The van der Waals surface area contributed by atoms with Gasteiger partial charge in [0.1, 0.15) is 5.82 Å². The molecule has 4 N–H and O–H groups in total. The van der Waals surface area contributed by atoms with Gasteiger partial charge < -0.3 is 16.4 Å². The quantitative estimate of drug-likeness (QED) is 0.754. The lowest BCUT2D eigenvalue weighted by atomic mass is 9.99. The van der Waals surface area contributed by atoms with Crippen molar-refractivity contribution in [2.24, 2.45) is 11.7 Å². The summed E-state index contributed by atoms with van der Waals surface area (Å²) in [7, 11) is 0. The first kappa shape index (κ1) is 18.9. The van der Waals surface area contributed by atoms with Gasteiger partial charge in [-0.3, -0.25) is 4.79 Å². The summed E-state index contributed by atoms with van der Waals surface area (Å²) in [5.74, 6) is 0.683. The highest BCUT2D eigenvalue weighted by Crippen LogP contribution is 2.16. The SMILES string of the molecule is CCC(C)C(N)C(=O)Nc1ccc(Nc2ccccc2)nc1.Cl. The van der Waals surface area contributed by atoms with Crippen molar-refractivity contribution in [2.75, 3.05) is 10.6 Å². The molecule has 1 aromatic carbocycles. The molecule has 1 amide bonds. The van der Waals surface area contributed by atoms with Crippen LogP contribution >= 0.6 is 12.4 Å². The Morgan fingerprint density at radius 1 is 1.17 bits per heavy atom. The third-order valence-corrected chi connectivity index (χ3v) is 3.64. The molecule has 2 aromatic rings. The molecule has 0 aliphatic carbocycles. The van der Waals surface area contributed by atoms with Crippen LogP contribution < -0.4 is 16.4 Å². The minimum absolute atomic E-state index is 0. The lowest BCUT2D eigenvalue weighted by molar-refractivity contribution is -0.118. The van der Waals surface area contributed by atoms with E-state index in [4.69, 9.17) is 5.73 Å². The van der Waals surface area contributed by atoms with Crippen molar-refractivity contribution in [3.8, 4) is 0 Å². The Morgan fingerprint density at radius 2 is 1.87 bits per heavy atom. The molecule has 0 radical (unpaired) electrons. The number of nitrogens with two attached hydrogens (primary N) is 1. The van der Waals surface area contributed by atoms with Crippen LogP contribution in [0.1, 0.15) is 20.3 Å². The largest absolute Gasteiger partial charge is 0.340 e. The zero-order valence-corrected chi connectivity index (χ0v) is 14.1. The highest BCUT2D eigenvalue weighted by molar-refractivity contribution is 5.94. The summed E-state index contributed by atoms with van der Waals surface area (Å²) in [6, 6.07) is 12.9. The number of hydrogen-bond donors (Lipinski definition) is 3. The van der Waals surface area contributed by atoms with Crippen LogP contribution in [0.4, 0.5) is 17.2 Å². The molecule has 2 rings (SSSR count). The van der Waals surface area contributed by atoms with Crippen LogP contribution in [0.3, 0.4) is 0 Å². The van der Waals surface area contributed by atoms with Crippen molar-refractivity contribution in [2.45, 2.75) is 26.3 Å². The Morgan fingerprint density at radius 3 is 2.43 bits per heavy atom. The van der Waals surface area contributed by atoms with Crippen molar-refractivity contribution < 1.29 is 4.79 Å². The fourth-order valence-corrected chi connectivity index (χ4v) is 1.95. The number of para-hydroxylation sites is 1. The van der Waals surface area contributed by atoms with Crippen LogP contribution in [-0.4, -0.2) is 16.9 Å². The Labute approximate surface area is 143 Å². The second-order valence-corrected chi connectivity index (χ2v) is 5.32. The minimum Gasteiger partial charge on any atom is -0.340 e. The first-order valence-corrected chi connectivity index (χ1v) is 7.44. The predicted octanol–water partition coefficient (Wildman–Crippen LogP) is 3.56. The Kier molecular flexibility index (Phi) is 7.51. The molecule has 0 saturated carbocycles. The monoisotopic (exact) mass is 334 g/mol. The van der Waals surface area contributed by atoms with Crippen LogP contribution in [0.2, 0.25) is 0 Å². The minimum atomic E-state index is -0.507. The van der Waals surface area contributed by atoms with Crippen LogP contribution in [0.15, 0.2) is 48.7 Å². The van der Waals surface area contributed by atoms with Gasteiger partial charge in [-0.1, -0.05) is 38.5 Å². The summed E-state index contributed by atoms with van der Waals surface area (Å²) >= 11 is 0. The topological polar surface area (TPSA) is 80.0 Å². The molecule has 0 spiro atoms. The molecule has 2 unspecified atom stereocenters. The van der Waals surface area contributed by atoms with Gasteiger partial charge in [0.15, 0.2) is 0 Å². The Hall–Kier alpha value is -2.11. The number of hydrogen-bond acceptors (Lipinski definition) is 4. The zero-order chi connectivity index (χ0) is 15.9. The Balaban J connectivity index is 0.00000264. The van der Waals surface area contributed by atoms with E-state index in [1.807, 2.05) is 50.2 Å². The van der Waals surface area contributed by atoms with E-state index in [0.717, 1.165) is 17.9 Å². The van der Waals surface area contributed by atoms with E-state index >= 15 is 0 Å². The summed E-state index contributed by atoms with van der Waals surface area (Å²) in [4.78, 5) is 16.3. The molecule has 2 atom stereocenters. The first-order valence-electron chi connectivity index (χ1n) is 7.44. The van der Waals surface area contributed by atoms with Gasteiger partial charge in [-0.25, -0.2) is 4.98 Å². The molecule has 1 heterocycles. The highest BCUT2D eigenvalue weighted by Gasteiger charge is 2.19. The van der Waals surface area contributed by atoms with Gasteiger partial charge in [0.05, 0.1) is 17.9 Å². The summed E-state index contributed by atoms with van der Waals surface area (Å²) < 4.78 is 0. The van der Waals surface area contributed by atoms with Gasteiger partial charge in [-0.15, -0.1) is 12.4 Å². The fourth-order valence-electron chi connectivity index (χ4n) is 1.95. The maximum atomic E-state index is 12.0. The van der Waals surface area contributed by atoms with Crippen LogP contribution in [0.5, 0.6) is 0 Å². The molecule has 6 heteroatoms. The van der Waals surface area contributed by atoms with Crippen molar-refractivity contribution in [3.05, 3.63) is 48.7 Å². The van der Waals surface area contributed by atoms with E-state index in [1.54, 1.807) is 12.3 Å². The van der Waals surface area contributed by atoms with Crippen molar-refractivity contribution in [1.29, 1.82) is 0 Å². The maximum Gasteiger partial charge on any atom is 0.241 e. The summed E-state index contributed by atoms with van der Waals surface area (Å²) in [6.45, 7) is 3.98. The number of amides is 1. The van der Waals surface area contributed by atoms with E-state index in [2.05, 4.69) is 15.6 Å². The van der Waals surface area contributed by atoms with Crippen LogP contribution in [-0.2, 0) is 4.79 Å². The number of nitrogens with zero attached hydrogens (tertiary/aromatic N) is 1. The molecule has 0 bridgehead atoms. The van der Waals surface area contributed by atoms with E-state index in [-0.39, 0.29) is 24.2 Å². The molecule has 0 aliphatic heterocycles. The predicted molar refractivity (Wildman–Crippen MR) is 97.3 cm³/mol. The lowest BCUT2D eigenvalue weighted by Crippen LogP contribution is -2.40. The highest BCUT2D eigenvalue weighted by atomic mass is 35.5. The third kappa shape index (κ3) is 5.54. The molecule has 5 nitrogen and oxygen atoms in total. The lowest BCUT2D eigenvalue weighted by Gasteiger charge is -2.17. The number of pyridine rings is 1. The third-order valence-electron chi connectivity index (χ3n) is 3.64. The summed E-state index contributed by atoms with van der Waals surface area (Å²) in [5.41, 5.74) is 7.51. The average Bonchev–Trinajstić information content (AvgIpc) is 2.56. The van der Waals surface area contributed by atoms with Crippen LogP contribution in [0, 0.1) is 5.92 Å². The number of carbonyl (C=O) groups is 1. The molecular weight excluding hydrogens is 312 g/mol. The number of rotatable bonds is 6. The van der Waals surface area contributed by atoms with Gasteiger partial charge in [-0.05, 0) is 30.2 Å². The molecule has 0 fully saturated rings. The molecule has 23 heavy (non-hydrogen) atoms. The number of aromatic nitrogens is 1. The molecule has 0 saturated heterocycles. The second-order valence-electron chi connectivity index (χ2n) is 5.32. The van der Waals surface area contributed by atoms with Crippen molar-refractivity contribution >= 4 is 35.5 Å². The Bertz CT molecular complexity index is 604. The molecular formula is C17H23ClN4O. The molecule has 124 valence electrons. The number of carbonyl (C=O) groups excluding carboxylic acids is 1. The van der Waals surface area contributed by atoms with Crippen LogP contribution in [0.25, 0.3) is 0 Å². The van der Waals surface area contributed by atoms with Gasteiger partial charge >= 0.3 is 0 Å². The maximum absolute atomic E-state index is 12.0. The summed E-state index contributed by atoms with van der Waals surface area (Å²) in [6.07, 6.45) is 2.49. The van der Waals surface area contributed by atoms with E-state index in [9.17, 15) is 4.79 Å². The number of benzene rings is 1. The van der Waals surface area contributed by atoms with Crippen molar-refractivity contribution in [3.63, 3.8) is 0 Å². The smallest absolute Gasteiger partial charge is 0.241 e. The average molecular weight is 335 g/mol. The second kappa shape index (κ2) is 9.12. The van der Waals surface area contributed by atoms with Gasteiger partial charge in [0, 0.05) is 5.69 Å². The number of anilines is 3. The number of halogens is 1. The fraction of sp³-hybridized carbons (Fsp3) is 0.294. The van der Waals surface area contributed by atoms with E-state index in [0.29, 0.717) is 5.69 Å².